The first-order valence-corrected chi connectivity index (χ1v) is 9.41. The van der Waals surface area contributed by atoms with E-state index < -0.39 is 9.84 Å². The maximum atomic E-state index is 11.4. The van der Waals surface area contributed by atoms with E-state index >= 15 is 0 Å². The summed E-state index contributed by atoms with van der Waals surface area (Å²) >= 11 is 0. The molecule has 5 nitrogen and oxygen atoms in total. The molecular weight excluding hydrogens is 274 g/mol. The third kappa shape index (κ3) is 5.78. The van der Waals surface area contributed by atoms with Gasteiger partial charge in [-0.3, -0.25) is 4.90 Å². The quantitative estimate of drug-likeness (QED) is 0.672. The Labute approximate surface area is 123 Å². The predicted molar refractivity (Wildman–Crippen MR) is 81.3 cm³/mol. The van der Waals surface area contributed by atoms with Crippen LogP contribution in [0, 0.1) is 11.3 Å². The van der Waals surface area contributed by atoms with Gasteiger partial charge in [0.15, 0.2) is 0 Å². The topological polar surface area (TPSA) is 64.4 Å². The summed E-state index contributed by atoms with van der Waals surface area (Å²) < 4.78 is 22.9. The summed E-state index contributed by atoms with van der Waals surface area (Å²) in [6.07, 6.45) is 2.69. The van der Waals surface area contributed by atoms with Gasteiger partial charge in [-0.15, -0.1) is 0 Å². The largest absolute Gasteiger partial charge is 0.301 e. The van der Waals surface area contributed by atoms with Crippen LogP contribution in [-0.2, 0) is 9.84 Å². The lowest BCUT2D eigenvalue weighted by molar-refractivity contribution is 0.111. The molecule has 1 fully saturated rings. The van der Waals surface area contributed by atoms with Crippen molar-refractivity contribution in [1.82, 2.24) is 9.80 Å². The van der Waals surface area contributed by atoms with Gasteiger partial charge in [-0.05, 0) is 19.4 Å². The van der Waals surface area contributed by atoms with Crippen molar-refractivity contribution in [3.8, 4) is 6.07 Å². The monoisotopic (exact) mass is 301 g/mol. The van der Waals surface area contributed by atoms with Crippen molar-refractivity contribution in [3.05, 3.63) is 0 Å². The zero-order valence-corrected chi connectivity index (χ0v) is 13.5. The second-order valence-electron chi connectivity index (χ2n) is 5.40. The van der Waals surface area contributed by atoms with Gasteiger partial charge in [0.05, 0.1) is 17.9 Å². The van der Waals surface area contributed by atoms with Crippen molar-refractivity contribution >= 4 is 9.84 Å². The Morgan fingerprint density at radius 2 is 1.85 bits per heavy atom. The van der Waals surface area contributed by atoms with Gasteiger partial charge in [0.2, 0.25) is 0 Å². The highest BCUT2D eigenvalue weighted by Gasteiger charge is 2.22. The van der Waals surface area contributed by atoms with Crippen molar-refractivity contribution in [2.75, 3.05) is 44.2 Å². The highest BCUT2D eigenvalue weighted by Crippen LogP contribution is 2.11. The second-order valence-corrected chi connectivity index (χ2v) is 7.87. The number of piperazine rings is 1. The summed E-state index contributed by atoms with van der Waals surface area (Å²) in [5.41, 5.74) is 0. The Morgan fingerprint density at radius 3 is 2.35 bits per heavy atom. The fourth-order valence-corrected chi connectivity index (χ4v) is 3.41. The summed E-state index contributed by atoms with van der Waals surface area (Å²) in [4.78, 5) is 4.56. The highest BCUT2D eigenvalue weighted by molar-refractivity contribution is 7.91. The van der Waals surface area contributed by atoms with Crippen molar-refractivity contribution in [3.63, 3.8) is 0 Å². The SMILES string of the molecule is CCCC(C#N)N1CCN(CCCS(=O)(=O)CC)CC1. The van der Waals surface area contributed by atoms with Crippen molar-refractivity contribution < 1.29 is 8.42 Å². The molecule has 116 valence electrons. The van der Waals surface area contributed by atoms with Crippen LogP contribution < -0.4 is 0 Å². The lowest BCUT2D eigenvalue weighted by Crippen LogP contribution is -2.50. The summed E-state index contributed by atoms with van der Waals surface area (Å²) in [5.74, 6) is 0.530. The van der Waals surface area contributed by atoms with E-state index in [0.717, 1.165) is 45.6 Å². The number of hydrogen-bond donors (Lipinski definition) is 0. The van der Waals surface area contributed by atoms with E-state index in [2.05, 4.69) is 22.8 Å². The average Bonchev–Trinajstić information content (AvgIpc) is 2.45. The molecule has 0 aromatic heterocycles. The van der Waals surface area contributed by atoms with Crippen LogP contribution in [0.15, 0.2) is 0 Å². The molecule has 0 aromatic carbocycles. The molecule has 1 aliphatic heterocycles. The van der Waals surface area contributed by atoms with Crippen LogP contribution >= 0.6 is 0 Å². The Hall–Kier alpha value is -0.640. The molecule has 0 N–H and O–H groups in total. The first-order chi connectivity index (χ1) is 9.52. The first kappa shape index (κ1) is 17.4. The van der Waals surface area contributed by atoms with Crippen molar-refractivity contribution in [2.24, 2.45) is 0 Å². The van der Waals surface area contributed by atoms with Crippen LogP contribution in [0.3, 0.4) is 0 Å². The van der Waals surface area contributed by atoms with Gasteiger partial charge in [0, 0.05) is 31.9 Å². The molecule has 0 spiro atoms. The van der Waals surface area contributed by atoms with Crippen LogP contribution in [0.1, 0.15) is 33.1 Å². The first-order valence-electron chi connectivity index (χ1n) is 7.58. The molecular formula is C14H27N3O2S. The van der Waals surface area contributed by atoms with Gasteiger partial charge in [0.25, 0.3) is 0 Å². The van der Waals surface area contributed by atoms with E-state index in [-0.39, 0.29) is 11.8 Å². The van der Waals surface area contributed by atoms with Crippen molar-refractivity contribution in [1.29, 1.82) is 5.26 Å². The maximum Gasteiger partial charge on any atom is 0.150 e. The van der Waals surface area contributed by atoms with Gasteiger partial charge >= 0.3 is 0 Å². The lowest BCUT2D eigenvalue weighted by Gasteiger charge is -2.36. The van der Waals surface area contributed by atoms with E-state index in [1.54, 1.807) is 6.92 Å². The molecule has 0 amide bonds. The molecule has 0 aromatic rings. The van der Waals surface area contributed by atoms with Gasteiger partial charge in [-0.2, -0.15) is 5.26 Å². The average molecular weight is 301 g/mol. The molecule has 1 unspecified atom stereocenters. The van der Waals surface area contributed by atoms with E-state index in [1.165, 1.54) is 0 Å². The molecule has 1 rings (SSSR count). The van der Waals surface area contributed by atoms with Crippen LogP contribution in [0.2, 0.25) is 0 Å². The fraction of sp³-hybridized carbons (Fsp3) is 0.929. The number of hydrogen-bond acceptors (Lipinski definition) is 5. The van der Waals surface area contributed by atoms with Crippen LogP contribution in [0.5, 0.6) is 0 Å². The zero-order chi connectivity index (χ0) is 15.0. The van der Waals surface area contributed by atoms with E-state index in [1.807, 2.05) is 0 Å². The Balaban J connectivity index is 2.27. The minimum Gasteiger partial charge on any atom is -0.301 e. The van der Waals surface area contributed by atoms with E-state index in [4.69, 9.17) is 5.26 Å². The van der Waals surface area contributed by atoms with Gasteiger partial charge in [-0.25, -0.2) is 8.42 Å². The molecule has 0 saturated carbocycles. The molecule has 1 atom stereocenters. The fourth-order valence-electron chi connectivity index (χ4n) is 2.55. The molecule has 1 saturated heterocycles. The van der Waals surface area contributed by atoms with E-state index in [9.17, 15) is 8.42 Å². The third-order valence-corrected chi connectivity index (χ3v) is 5.72. The van der Waals surface area contributed by atoms with E-state index in [0.29, 0.717) is 12.2 Å². The summed E-state index contributed by atoms with van der Waals surface area (Å²) in [5, 5.41) is 9.16. The number of nitriles is 1. The minimum absolute atomic E-state index is 0.0441. The number of rotatable bonds is 8. The molecule has 0 aliphatic carbocycles. The molecule has 1 heterocycles. The summed E-state index contributed by atoms with van der Waals surface area (Å²) in [7, 11) is -2.84. The molecule has 1 aliphatic rings. The highest BCUT2D eigenvalue weighted by atomic mass is 32.2. The predicted octanol–water partition coefficient (Wildman–Crippen LogP) is 1.12. The Kier molecular flexibility index (Phi) is 7.49. The number of nitrogens with zero attached hydrogens (tertiary/aromatic N) is 3. The Bertz CT molecular complexity index is 409. The standard InChI is InChI=1S/C14H27N3O2S/c1-3-6-14(13-15)17-10-8-16(9-11-17)7-5-12-20(18,19)4-2/h14H,3-12H2,1-2H3. The molecule has 0 bridgehead atoms. The third-order valence-electron chi connectivity index (χ3n) is 3.93. The van der Waals surface area contributed by atoms with Gasteiger partial charge in [-0.1, -0.05) is 20.3 Å². The smallest absolute Gasteiger partial charge is 0.150 e. The summed E-state index contributed by atoms with van der Waals surface area (Å²) in [6, 6.07) is 2.43. The molecule has 20 heavy (non-hydrogen) atoms. The molecule has 6 heteroatoms. The van der Waals surface area contributed by atoms with Gasteiger partial charge in [0.1, 0.15) is 9.84 Å². The Morgan fingerprint density at radius 1 is 1.20 bits per heavy atom. The molecule has 0 radical (unpaired) electrons. The van der Waals surface area contributed by atoms with Crippen LogP contribution in [0.4, 0.5) is 0 Å². The lowest BCUT2D eigenvalue weighted by atomic mass is 10.1. The second kappa shape index (κ2) is 8.60. The van der Waals surface area contributed by atoms with Crippen LogP contribution in [0.25, 0.3) is 0 Å². The number of sulfone groups is 1. The zero-order valence-electron chi connectivity index (χ0n) is 12.7. The minimum atomic E-state index is -2.84. The maximum absolute atomic E-state index is 11.4. The van der Waals surface area contributed by atoms with Gasteiger partial charge < -0.3 is 4.90 Å². The van der Waals surface area contributed by atoms with Crippen LogP contribution in [-0.4, -0.2) is 68.5 Å². The normalized spacial score (nSPS) is 19.6. The summed E-state index contributed by atoms with van der Waals surface area (Å²) in [6.45, 7) is 8.36. The van der Waals surface area contributed by atoms with Crippen molar-refractivity contribution in [2.45, 2.75) is 39.2 Å².